The van der Waals surface area contributed by atoms with Gasteiger partial charge in [0, 0.05) is 53.6 Å². The van der Waals surface area contributed by atoms with Crippen LogP contribution in [0.15, 0.2) is 65.6 Å². The summed E-state index contributed by atoms with van der Waals surface area (Å²) in [6.07, 6.45) is 6.11. The lowest BCUT2D eigenvalue weighted by molar-refractivity contribution is -0.132. The van der Waals surface area contributed by atoms with E-state index in [0.29, 0.717) is 60.4 Å². The first-order valence-electron chi connectivity index (χ1n) is 14.2. The van der Waals surface area contributed by atoms with E-state index < -0.39 is 10.0 Å². The van der Waals surface area contributed by atoms with Gasteiger partial charge in [0.05, 0.1) is 4.90 Å². The van der Waals surface area contributed by atoms with Crippen molar-refractivity contribution in [2.24, 2.45) is 0 Å². The smallest absolute Gasteiger partial charge is 0.255 e. The summed E-state index contributed by atoms with van der Waals surface area (Å²) in [4.78, 5) is 27.7. The van der Waals surface area contributed by atoms with Gasteiger partial charge in [0.1, 0.15) is 0 Å². The topological polar surface area (TPSA) is 108 Å². The van der Waals surface area contributed by atoms with Crippen molar-refractivity contribution in [2.45, 2.75) is 68.8 Å². The Bertz CT molecular complexity index is 1480. The van der Waals surface area contributed by atoms with Crippen molar-refractivity contribution >= 4 is 38.3 Å². The Hall–Kier alpha value is -3.27. The van der Waals surface area contributed by atoms with Gasteiger partial charge >= 0.3 is 0 Å². The number of rotatable bonds is 8. The SMILES string of the molecule is Cc1ccccc1C(=O)Nc1ccc(S(=O)(=O)NC2CCN(C(=O)CCC3CCCCN3)CC2)c2ccccc12. The zero-order chi connectivity index (χ0) is 28.1. The highest BCUT2D eigenvalue weighted by Crippen LogP contribution is 2.30. The Balaban J connectivity index is 1.23. The minimum atomic E-state index is -3.83. The van der Waals surface area contributed by atoms with Gasteiger partial charge < -0.3 is 15.5 Å². The van der Waals surface area contributed by atoms with Crippen LogP contribution >= 0.6 is 0 Å². The number of benzene rings is 3. The quantitative estimate of drug-likeness (QED) is 0.372. The van der Waals surface area contributed by atoms with E-state index in [-0.39, 0.29) is 22.8 Å². The summed E-state index contributed by atoms with van der Waals surface area (Å²) in [5, 5.41) is 7.64. The minimum absolute atomic E-state index is 0.156. The number of nitrogens with one attached hydrogen (secondary N) is 3. The van der Waals surface area contributed by atoms with Crippen LogP contribution in [0.2, 0.25) is 0 Å². The van der Waals surface area contributed by atoms with E-state index in [9.17, 15) is 18.0 Å². The lowest BCUT2D eigenvalue weighted by Crippen LogP contribution is -2.46. The molecule has 1 atom stereocenters. The first-order chi connectivity index (χ1) is 19.3. The average Bonchev–Trinajstić information content (AvgIpc) is 2.97. The molecule has 2 aliphatic rings. The molecule has 212 valence electrons. The summed E-state index contributed by atoms with van der Waals surface area (Å²) in [7, 11) is -3.83. The van der Waals surface area contributed by atoms with Crippen molar-refractivity contribution in [3.63, 3.8) is 0 Å². The van der Waals surface area contributed by atoms with E-state index in [4.69, 9.17) is 0 Å². The second-order valence-electron chi connectivity index (χ2n) is 10.9. The number of piperidine rings is 2. The van der Waals surface area contributed by atoms with E-state index in [1.54, 1.807) is 30.3 Å². The Morgan fingerprint density at radius 1 is 0.925 bits per heavy atom. The van der Waals surface area contributed by atoms with Gasteiger partial charge in [-0.05, 0) is 69.3 Å². The maximum atomic E-state index is 13.5. The van der Waals surface area contributed by atoms with Crippen LogP contribution in [0.5, 0.6) is 0 Å². The number of nitrogens with zero attached hydrogens (tertiary/aromatic N) is 1. The molecular formula is C31H38N4O4S. The van der Waals surface area contributed by atoms with Gasteiger partial charge in [-0.15, -0.1) is 0 Å². The predicted octanol–water partition coefficient (Wildman–Crippen LogP) is 4.59. The number of amides is 2. The molecule has 0 bridgehead atoms. The standard InChI is InChI=1S/C31H38N4O4S/c1-22-8-2-3-10-25(22)31(37)33-28-14-15-29(27-12-5-4-11-26(27)28)40(38,39)34-24-17-20-35(21-18-24)30(36)16-13-23-9-6-7-19-32-23/h2-5,8,10-12,14-15,23-24,32,34H,6-7,9,13,16-21H2,1H3,(H,33,37). The first-order valence-corrected chi connectivity index (χ1v) is 15.7. The van der Waals surface area contributed by atoms with E-state index >= 15 is 0 Å². The molecule has 0 radical (unpaired) electrons. The molecule has 1 unspecified atom stereocenters. The third-order valence-electron chi connectivity index (χ3n) is 8.10. The average molecular weight is 563 g/mol. The Morgan fingerprint density at radius 2 is 1.65 bits per heavy atom. The number of carbonyl (C=O) groups excluding carboxylic acids is 2. The molecule has 5 rings (SSSR count). The number of fused-ring (bicyclic) bond motifs is 1. The van der Waals surface area contributed by atoms with Crippen molar-refractivity contribution < 1.29 is 18.0 Å². The van der Waals surface area contributed by atoms with Crippen LogP contribution in [-0.2, 0) is 14.8 Å². The second kappa shape index (κ2) is 12.5. The largest absolute Gasteiger partial charge is 0.343 e. The molecule has 2 fully saturated rings. The normalized spacial score (nSPS) is 18.5. The van der Waals surface area contributed by atoms with Crippen LogP contribution in [-0.4, -0.2) is 56.9 Å². The molecule has 2 heterocycles. The van der Waals surface area contributed by atoms with Crippen LogP contribution in [0.1, 0.15) is 60.9 Å². The number of hydrogen-bond acceptors (Lipinski definition) is 5. The van der Waals surface area contributed by atoms with E-state index in [2.05, 4.69) is 15.4 Å². The molecule has 2 amide bonds. The van der Waals surface area contributed by atoms with Crippen LogP contribution in [0.3, 0.4) is 0 Å². The van der Waals surface area contributed by atoms with Gasteiger partial charge in [0.15, 0.2) is 0 Å². The van der Waals surface area contributed by atoms with Crippen molar-refractivity contribution in [1.29, 1.82) is 0 Å². The van der Waals surface area contributed by atoms with Crippen LogP contribution < -0.4 is 15.4 Å². The first kappa shape index (κ1) is 28.3. The fourth-order valence-electron chi connectivity index (χ4n) is 5.79. The van der Waals surface area contributed by atoms with E-state index in [1.165, 1.54) is 12.8 Å². The third kappa shape index (κ3) is 6.54. The molecule has 0 aromatic heterocycles. The molecule has 3 aromatic rings. The number of aryl methyl sites for hydroxylation is 1. The fraction of sp³-hybridized carbons (Fsp3) is 0.419. The van der Waals surface area contributed by atoms with E-state index in [1.807, 2.05) is 42.2 Å². The summed E-state index contributed by atoms with van der Waals surface area (Å²) in [6, 6.07) is 17.9. The predicted molar refractivity (Wildman–Crippen MR) is 158 cm³/mol. The van der Waals surface area contributed by atoms with Crippen LogP contribution in [0, 0.1) is 6.92 Å². The highest BCUT2D eigenvalue weighted by molar-refractivity contribution is 7.89. The molecule has 0 saturated carbocycles. The Morgan fingerprint density at radius 3 is 2.38 bits per heavy atom. The summed E-state index contributed by atoms with van der Waals surface area (Å²) >= 11 is 0. The Kier molecular flexibility index (Phi) is 8.83. The number of sulfonamides is 1. The van der Waals surface area contributed by atoms with Gasteiger partial charge in [-0.3, -0.25) is 9.59 Å². The zero-order valence-corrected chi connectivity index (χ0v) is 23.8. The molecule has 8 nitrogen and oxygen atoms in total. The molecule has 9 heteroatoms. The highest BCUT2D eigenvalue weighted by atomic mass is 32.2. The number of anilines is 1. The summed E-state index contributed by atoms with van der Waals surface area (Å²) in [5.41, 5.74) is 1.99. The number of carbonyl (C=O) groups is 2. The molecule has 40 heavy (non-hydrogen) atoms. The Labute approximate surface area is 236 Å². The zero-order valence-electron chi connectivity index (χ0n) is 23.0. The maximum absolute atomic E-state index is 13.5. The lowest BCUT2D eigenvalue weighted by Gasteiger charge is -2.33. The lowest BCUT2D eigenvalue weighted by atomic mass is 9.99. The third-order valence-corrected chi connectivity index (χ3v) is 9.68. The fourth-order valence-corrected chi connectivity index (χ4v) is 7.30. The molecule has 2 aliphatic heterocycles. The summed E-state index contributed by atoms with van der Waals surface area (Å²) in [5.74, 6) is -0.0868. The number of hydrogen-bond donors (Lipinski definition) is 3. The van der Waals surface area contributed by atoms with Gasteiger partial charge in [-0.1, -0.05) is 48.9 Å². The molecule has 2 saturated heterocycles. The molecule has 3 aromatic carbocycles. The van der Waals surface area contributed by atoms with Crippen molar-refractivity contribution in [1.82, 2.24) is 14.9 Å². The van der Waals surface area contributed by atoms with Gasteiger partial charge in [-0.25, -0.2) is 13.1 Å². The molecular weight excluding hydrogens is 524 g/mol. The van der Waals surface area contributed by atoms with Crippen molar-refractivity contribution in [3.8, 4) is 0 Å². The van der Waals surface area contributed by atoms with Gasteiger partial charge in [0.2, 0.25) is 15.9 Å². The monoisotopic (exact) mass is 562 g/mol. The van der Waals surface area contributed by atoms with Crippen LogP contribution in [0.25, 0.3) is 10.8 Å². The summed E-state index contributed by atoms with van der Waals surface area (Å²) in [6.45, 7) is 4.01. The minimum Gasteiger partial charge on any atom is -0.343 e. The highest BCUT2D eigenvalue weighted by Gasteiger charge is 2.28. The number of likely N-dealkylation sites (tertiary alicyclic amines) is 1. The molecule has 3 N–H and O–H groups in total. The maximum Gasteiger partial charge on any atom is 0.255 e. The molecule has 0 aliphatic carbocycles. The van der Waals surface area contributed by atoms with Crippen molar-refractivity contribution in [3.05, 3.63) is 71.8 Å². The summed E-state index contributed by atoms with van der Waals surface area (Å²) < 4.78 is 29.9. The van der Waals surface area contributed by atoms with E-state index in [0.717, 1.165) is 24.9 Å². The second-order valence-corrected chi connectivity index (χ2v) is 12.6. The molecule has 0 spiro atoms. The van der Waals surface area contributed by atoms with Gasteiger partial charge in [0.25, 0.3) is 5.91 Å². The van der Waals surface area contributed by atoms with Gasteiger partial charge in [-0.2, -0.15) is 0 Å². The van der Waals surface area contributed by atoms with Crippen LogP contribution in [0.4, 0.5) is 5.69 Å². The van der Waals surface area contributed by atoms with Crippen molar-refractivity contribution in [2.75, 3.05) is 25.0 Å².